The van der Waals surface area contributed by atoms with E-state index in [9.17, 15) is 30.6 Å². The number of aromatic hydroxyl groups is 2. The van der Waals surface area contributed by atoms with E-state index in [1.54, 1.807) is 37.3 Å². The van der Waals surface area contributed by atoms with Crippen molar-refractivity contribution < 1.29 is 35.4 Å². The van der Waals surface area contributed by atoms with Gasteiger partial charge in [0.15, 0.2) is 11.5 Å². The van der Waals surface area contributed by atoms with Crippen LogP contribution in [0.2, 0.25) is 0 Å². The first-order valence-electron chi connectivity index (χ1n) is 15.7. The lowest BCUT2D eigenvalue weighted by Gasteiger charge is -2.30. The Labute approximate surface area is 260 Å². The van der Waals surface area contributed by atoms with Crippen LogP contribution in [0.15, 0.2) is 42.5 Å². The summed E-state index contributed by atoms with van der Waals surface area (Å²) in [5.41, 5.74) is 2.74. The molecule has 6 atom stereocenters. The highest BCUT2D eigenvalue weighted by molar-refractivity contribution is 5.92. The van der Waals surface area contributed by atoms with E-state index in [2.05, 4.69) is 24.1 Å². The van der Waals surface area contributed by atoms with Crippen molar-refractivity contribution >= 4 is 10.8 Å². The number of fused-ring (bicyclic) bond motifs is 1. The zero-order valence-corrected chi connectivity index (χ0v) is 26.0. The van der Waals surface area contributed by atoms with E-state index in [0.717, 1.165) is 35.6 Å². The minimum absolute atomic E-state index is 0.0382. The van der Waals surface area contributed by atoms with Gasteiger partial charge >= 0.3 is 0 Å². The number of aliphatic hydroxyl groups is 4. The zero-order valence-electron chi connectivity index (χ0n) is 26.0. The number of nitrogens with one attached hydrogen (secondary N) is 1. The van der Waals surface area contributed by atoms with Gasteiger partial charge in [0, 0.05) is 36.4 Å². The number of benzene rings is 3. The SMILES string of the molecule is CC[C@@H]1C#CC[C@H]([C@H](O)CCc2ccc(O)c(OC)c2-c2cc3ccc(O)cc3cc2CO)[C@@H](O)CC[C@@H](NC[C@H](C)O)C1. The van der Waals surface area contributed by atoms with Crippen LogP contribution in [0.5, 0.6) is 17.2 Å². The van der Waals surface area contributed by atoms with Gasteiger partial charge in [0.2, 0.25) is 0 Å². The van der Waals surface area contributed by atoms with Crippen molar-refractivity contribution in [2.24, 2.45) is 11.8 Å². The summed E-state index contributed by atoms with van der Waals surface area (Å²) < 4.78 is 5.65. The molecule has 3 aromatic carbocycles. The topological polar surface area (TPSA) is 143 Å². The third kappa shape index (κ3) is 8.23. The summed E-state index contributed by atoms with van der Waals surface area (Å²) in [6, 6.07) is 12.2. The fourth-order valence-corrected chi connectivity index (χ4v) is 6.28. The molecule has 0 saturated heterocycles. The van der Waals surface area contributed by atoms with Crippen molar-refractivity contribution in [3.8, 4) is 40.2 Å². The number of ether oxygens (including phenoxy) is 1. The van der Waals surface area contributed by atoms with E-state index in [4.69, 9.17) is 4.74 Å². The second kappa shape index (κ2) is 15.6. The molecule has 7 N–H and O–H groups in total. The average molecular weight is 606 g/mol. The normalized spacial score (nSPS) is 22.2. The number of aliphatic hydroxyl groups excluding tert-OH is 4. The number of phenols is 2. The third-order valence-corrected chi connectivity index (χ3v) is 8.83. The molecule has 0 bridgehead atoms. The molecule has 0 spiro atoms. The van der Waals surface area contributed by atoms with Crippen LogP contribution in [-0.4, -0.2) is 68.6 Å². The summed E-state index contributed by atoms with van der Waals surface area (Å²) in [7, 11) is 1.48. The van der Waals surface area contributed by atoms with Gasteiger partial charge in [-0.2, -0.15) is 0 Å². The van der Waals surface area contributed by atoms with E-state index in [0.29, 0.717) is 48.9 Å². The largest absolute Gasteiger partial charge is 0.508 e. The molecule has 0 saturated carbocycles. The second-order valence-corrected chi connectivity index (χ2v) is 12.1. The second-order valence-electron chi connectivity index (χ2n) is 12.1. The fraction of sp³-hybridized carbons (Fsp3) is 0.500. The van der Waals surface area contributed by atoms with Gasteiger partial charge in [0.05, 0.1) is 32.0 Å². The summed E-state index contributed by atoms with van der Waals surface area (Å²) in [4.78, 5) is 0. The van der Waals surface area contributed by atoms with Crippen molar-refractivity contribution in [3.63, 3.8) is 0 Å². The Morgan fingerprint density at radius 2 is 1.82 bits per heavy atom. The van der Waals surface area contributed by atoms with Gasteiger partial charge in [-0.15, -0.1) is 5.92 Å². The average Bonchev–Trinajstić information content (AvgIpc) is 3.01. The maximum Gasteiger partial charge on any atom is 0.168 e. The molecule has 0 amide bonds. The Kier molecular flexibility index (Phi) is 11.9. The van der Waals surface area contributed by atoms with E-state index in [1.165, 1.54) is 7.11 Å². The van der Waals surface area contributed by atoms with Crippen molar-refractivity contribution in [2.75, 3.05) is 13.7 Å². The number of hydrogen-bond donors (Lipinski definition) is 7. The van der Waals surface area contributed by atoms with Crippen LogP contribution in [0.1, 0.15) is 63.5 Å². The maximum absolute atomic E-state index is 11.4. The lowest BCUT2D eigenvalue weighted by Crippen LogP contribution is -2.38. The predicted molar refractivity (Wildman–Crippen MR) is 173 cm³/mol. The van der Waals surface area contributed by atoms with E-state index >= 15 is 0 Å². The molecule has 44 heavy (non-hydrogen) atoms. The predicted octanol–water partition coefficient (Wildman–Crippen LogP) is 4.63. The number of aryl methyl sites for hydroxylation is 1. The summed E-state index contributed by atoms with van der Waals surface area (Å²) in [6.07, 6.45) is 2.14. The van der Waals surface area contributed by atoms with Gasteiger partial charge in [-0.25, -0.2) is 0 Å². The van der Waals surface area contributed by atoms with Gasteiger partial charge in [0.1, 0.15) is 5.75 Å². The Hall–Kier alpha value is -3.32. The van der Waals surface area contributed by atoms with E-state index < -0.39 is 24.2 Å². The minimum atomic E-state index is -0.827. The minimum Gasteiger partial charge on any atom is -0.508 e. The standard InChI is InChI=1S/C36H47NO7/c1-4-23-6-5-7-30(33(42)15-11-28(16-23)37-20-22(2)39)32(41)13-9-24-10-14-34(43)36(44-3)35(24)31-19-25-8-12-29(40)18-26(25)17-27(31)21-38/h8,10,12,14,17-19,22-23,28,30,32-33,37-43H,4,7,9,11,13,15-16,20-21H2,1-3H3/t22-,23+,28+,30+,32+,33-/m0/s1. The lowest BCUT2D eigenvalue weighted by atomic mass is 9.83. The first-order chi connectivity index (χ1) is 21.1. The number of methoxy groups -OCH3 is 1. The van der Waals surface area contributed by atoms with Gasteiger partial charge in [-0.05, 0) is 103 Å². The molecule has 0 aliphatic heterocycles. The highest BCUT2D eigenvalue weighted by atomic mass is 16.5. The Balaban J connectivity index is 1.61. The molecule has 0 unspecified atom stereocenters. The van der Waals surface area contributed by atoms with Crippen LogP contribution in [-0.2, 0) is 13.0 Å². The van der Waals surface area contributed by atoms with Crippen molar-refractivity contribution in [3.05, 3.63) is 53.6 Å². The molecule has 3 aromatic rings. The molecular formula is C36H47NO7. The van der Waals surface area contributed by atoms with Crippen LogP contribution >= 0.6 is 0 Å². The highest BCUT2D eigenvalue weighted by Crippen LogP contribution is 2.43. The van der Waals surface area contributed by atoms with Crippen LogP contribution in [0.4, 0.5) is 0 Å². The molecule has 4 rings (SSSR count). The zero-order chi connectivity index (χ0) is 31.8. The molecule has 0 radical (unpaired) electrons. The Bertz CT molecular complexity index is 1460. The molecular weight excluding hydrogens is 558 g/mol. The molecule has 1 aliphatic rings. The molecule has 1 aliphatic carbocycles. The number of hydrogen-bond acceptors (Lipinski definition) is 8. The number of rotatable bonds is 11. The summed E-state index contributed by atoms with van der Waals surface area (Å²) in [6.45, 7) is 4.08. The molecule has 0 fully saturated rings. The van der Waals surface area contributed by atoms with Gasteiger partial charge in [-0.3, -0.25) is 0 Å². The molecule has 238 valence electrons. The van der Waals surface area contributed by atoms with E-state index in [1.807, 2.05) is 12.1 Å². The van der Waals surface area contributed by atoms with Crippen molar-refractivity contribution in [1.29, 1.82) is 0 Å². The smallest absolute Gasteiger partial charge is 0.168 e. The Morgan fingerprint density at radius 3 is 2.52 bits per heavy atom. The van der Waals surface area contributed by atoms with Crippen LogP contribution < -0.4 is 10.1 Å². The van der Waals surface area contributed by atoms with Gasteiger partial charge < -0.3 is 40.7 Å². The van der Waals surface area contributed by atoms with Crippen LogP contribution in [0, 0.1) is 23.7 Å². The molecule has 8 heteroatoms. The lowest BCUT2D eigenvalue weighted by molar-refractivity contribution is 0.00430. The maximum atomic E-state index is 11.4. The molecule has 8 nitrogen and oxygen atoms in total. The fourth-order valence-electron chi connectivity index (χ4n) is 6.28. The van der Waals surface area contributed by atoms with Gasteiger partial charge in [-0.1, -0.05) is 25.0 Å². The van der Waals surface area contributed by atoms with Crippen LogP contribution in [0.25, 0.3) is 21.9 Å². The summed E-state index contributed by atoms with van der Waals surface area (Å²) >= 11 is 0. The summed E-state index contributed by atoms with van der Waals surface area (Å²) in [5.74, 6) is 6.75. The summed E-state index contributed by atoms with van der Waals surface area (Å²) in [5, 5.41) is 68.4. The first-order valence-corrected chi connectivity index (χ1v) is 15.7. The Morgan fingerprint density at radius 1 is 1.02 bits per heavy atom. The highest BCUT2D eigenvalue weighted by Gasteiger charge is 2.29. The van der Waals surface area contributed by atoms with Gasteiger partial charge in [0.25, 0.3) is 0 Å². The molecule has 0 aromatic heterocycles. The monoisotopic (exact) mass is 605 g/mol. The quantitative estimate of drug-likeness (QED) is 0.157. The van der Waals surface area contributed by atoms with Crippen LogP contribution in [0.3, 0.4) is 0 Å². The van der Waals surface area contributed by atoms with Crippen molar-refractivity contribution in [2.45, 2.75) is 89.8 Å². The first kappa shape index (κ1) is 33.6. The van der Waals surface area contributed by atoms with Crippen molar-refractivity contribution in [1.82, 2.24) is 5.32 Å². The third-order valence-electron chi connectivity index (χ3n) is 8.83. The number of phenolic OH excluding ortho intramolecular Hbond substituents is 2. The van der Waals surface area contributed by atoms with E-state index in [-0.39, 0.29) is 35.8 Å². The molecule has 0 heterocycles.